The Labute approximate surface area is 278 Å². The van der Waals surface area contributed by atoms with Crippen molar-refractivity contribution in [2.45, 2.75) is 30.9 Å². The molecule has 1 aliphatic rings. The zero-order valence-electron chi connectivity index (χ0n) is 25.6. The Bertz CT molecular complexity index is 1740. The Balaban J connectivity index is 1.49. The molecule has 1 aliphatic heterocycles. The molecule has 0 saturated carbocycles. The van der Waals surface area contributed by atoms with E-state index in [0.717, 1.165) is 11.1 Å². The summed E-state index contributed by atoms with van der Waals surface area (Å²) in [4.78, 5) is 22.4. The highest BCUT2D eigenvalue weighted by molar-refractivity contribution is 6.30. The van der Waals surface area contributed by atoms with E-state index < -0.39 is 17.6 Å². The molecular formula is C36H35ClN6O4. The molecule has 240 valence electrons. The van der Waals surface area contributed by atoms with Crippen molar-refractivity contribution in [3.63, 3.8) is 0 Å². The average molecular weight is 651 g/mol. The number of benzene rings is 4. The maximum Gasteiger partial charge on any atom is 0.266 e. The van der Waals surface area contributed by atoms with Crippen molar-refractivity contribution in [2.24, 2.45) is 10.1 Å². The molecule has 47 heavy (non-hydrogen) atoms. The van der Waals surface area contributed by atoms with Crippen LogP contribution >= 0.6 is 11.6 Å². The van der Waals surface area contributed by atoms with E-state index >= 15 is 0 Å². The molecule has 11 heteroatoms. The van der Waals surface area contributed by atoms with E-state index in [-0.39, 0.29) is 18.9 Å². The molecule has 0 saturated heterocycles. The Morgan fingerprint density at radius 1 is 1.04 bits per heavy atom. The first-order chi connectivity index (χ1) is 23.0. The van der Waals surface area contributed by atoms with Crippen LogP contribution in [-0.2, 0) is 16.0 Å². The zero-order valence-corrected chi connectivity index (χ0v) is 26.4. The van der Waals surface area contributed by atoms with E-state index in [0.29, 0.717) is 53.6 Å². The number of carbonyl (C=O) groups is 1. The summed E-state index contributed by atoms with van der Waals surface area (Å²) in [5, 5.41) is 13.6. The largest absolute Gasteiger partial charge is 0.494 e. The molecule has 5 rings (SSSR count). The fraction of sp³-hybridized carbons (Fsp3) is 0.222. The molecule has 0 fully saturated rings. The van der Waals surface area contributed by atoms with Crippen molar-refractivity contribution in [1.29, 1.82) is 0 Å². The van der Waals surface area contributed by atoms with Crippen LogP contribution in [0.4, 0.5) is 5.69 Å². The molecule has 0 radical (unpaired) electrons. The van der Waals surface area contributed by atoms with Crippen LogP contribution < -0.4 is 15.6 Å². The number of rotatable bonds is 15. The SMILES string of the molecule is [N-]=[N+]=Nc1ccccc1[C@@H]1OC(c2ccc(OCCCO)cc2)=N[C@]1(C/C=C/c1ccccc1)C(=O)NNCCc1ccc(Cl)cc1. The number of nitrogens with zero attached hydrogens (tertiary/aromatic N) is 4. The van der Waals surface area contributed by atoms with E-state index in [4.69, 9.17) is 31.2 Å². The summed E-state index contributed by atoms with van der Waals surface area (Å²) < 4.78 is 12.2. The van der Waals surface area contributed by atoms with Gasteiger partial charge in [-0.05, 0) is 59.5 Å². The Morgan fingerprint density at radius 2 is 1.79 bits per heavy atom. The number of halogens is 1. The lowest BCUT2D eigenvalue weighted by Crippen LogP contribution is -2.52. The average Bonchev–Trinajstić information content (AvgIpc) is 3.49. The minimum atomic E-state index is -1.48. The summed E-state index contributed by atoms with van der Waals surface area (Å²) in [5.74, 6) is 0.480. The van der Waals surface area contributed by atoms with Crippen molar-refractivity contribution < 1.29 is 19.4 Å². The first kappa shape index (κ1) is 33.2. The van der Waals surface area contributed by atoms with Gasteiger partial charge < -0.3 is 14.6 Å². The van der Waals surface area contributed by atoms with Crippen molar-refractivity contribution >= 4 is 35.2 Å². The molecule has 0 bridgehead atoms. The van der Waals surface area contributed by atoms with Gasteiger partial charge in [0.15, 0.2) is 11.6 Å². The van der Waals surface area contributed by atoms with E-state index in [1.165, 1.54) is 0 Å². The van der Waals surface area contributed by atoms with Crippen LogP contribution in [0.15, 0.2) is 119 Å². The van der Waals surface area contributed by atoms with Gasteiger partial charge in [0.2, 0.25) is 5.90 Å². The molecular weight excluding hydrogens is 616 g/mol. The van der Waals surface area contributed by atoms with Crippen LogP contribution in [0, 0.1) is 0 Å². The number of hydrazine groups is 1. The van der Waals surface area contributed by atoms with Crippen LogP contribution in [0.2, 0.25) is 5.02 Å². The topological polar surface area (TPSA) is 141 Å². The van der Waals surface area contributed by atoms with Crippen LogP contribution in [-0.4, -0.2) is 42.2 Å². The third-order valence-electron chi connectivity index (χ3n) is 7.59. The van der Waals surface area contributed by atoms with Crippen LogP contribution in [0.3, 0.4) is 0 Å². The summed E-state index contributed by atoms with van der Waals surface area (Å²) in [6.07, 6.45) is 4.25. The second-order valence-corrected chi connectivity index (χ2v) is 11.2. The van der Waals surface area contributed by atoms with Gasteiger partial charge in [0.05, 0.1) is 6.61 Å². The van der Waals surface area contributed by atoms with Gasteiger partial charge in [-0.3, -0.25) is 10.2 Å². The third kappa shape index (κ3) is 8.58. The molecule has 1 heterocycles. The van der Waals surface area contributed by atoms with Gasteiger partial charge in [-0.1, -0.05) is 95.6 Å². The van der Waals surface area contributed by atoms with Gasteiger partial charge >= 0.3 is 0 Å². The summed E-state index contributed by atoms with van der Waals surface area (Å²) >= 11 is 6.02. The fourth-order valence-corrected chi connectivity index (χ4v) is 5.31. The number of amides is 1. The lowest BCUT2D eigenvalue weighted by molar-refractivity contribution is -0.129. The second-order valence-electron chi connectivity index (χ2n) is 10.8. The van der Waals surface area contributed by atoms with Crippen molar-refractivity contribution in [3.8, 4) is 5.75 Å². The van der Waals surface area contributed by atoms with E-state index in [1.807, 2.05) is 78.9 Å². The normalized spacial score (nSPS) is 17.1. The fourth-order valence-electron chi connectivity index (χ4n) is 5.19. The molecule has 1 amide bonds. The van der Waals surface area contributed by atoms with Gasteiger partial charge in [-0.2, -0.15) is 0 Å². The number of ether oxygens (including phenoxy) is 2. The number of aliphatic hydroxyl groups excluding tert-OH is 1. The van der Waals surface area contributed by atoms with Crippen molar-refractivity contribution in [1.82, 2.24) is 10.9 Å². The van der Waals surface area contributed by atoms with Crippen LogP contribution in [0.1, 0.15) is 41.2 Å². The predicted molar refractivity (Wildman–Crippen MR) is 183 cm³/mol. The van der Waals surface area contributed by atoms with Crippen molar-refractivity contribution in [2.75, 3.05) is 19.8 Å². The third-order valence-corrected chi connectivity index (χ3v) is 7.85. The van der Waals surface area contributed by atoms with Gasteiger partial charge in [0.1, 0.15) is 5.75 Å². The standard InChI is InChI=1S/C36H35ClN6O4/c37-29-17-13-27(14-18-29)21-23-39-42-35(45)36(22-6-10-26-8-2-1-3-9-26)33(31-11-4-5-12-32(31)41-43-38)47-34(40-36)28-15-19-30(20-16-28)46-25-7-24-44/h1-6,8-20,33,39,44H,7,21-25H2,(H,42,45)/b10-6+/t33-,36-/m0/s1. The molecule has 4 aromatic carbocycles. The molecule has 2 atom stereocenters. The first-order valence-electron chi connectivity index (χ1n) is 15.3. The highest BCUT2D eigenvalue weighted by Crippen LogP contribution is 2.45. The van der Waals surface area contributed by atoms with Gasteiger partial charge in [-0.25, -0.2) is 10.4 Å². The van der Waals surface area contributed by atoms with Crippen LogP contribution in [0.5, 0.6) is 5.75 Å². The van der Waals surface area contributed by atoms with Gasteiger partial charge in [-0.15, -0.1) is 0 Å². The Kier molecular flexibility index (Phi) is 11.6. The monoisotopic (exact) mass is 650 g/mol. The quantitative estimate of drug-likeness (QED) is 0.0408. The first-order valence-corrected chi connectivity index (χ1v) is 15.6. The molecule has 0 unspecified atom stereocenters. The Hall–Kier alpha value is -5.12. The minimum Gasteiger partial charge on any atom is -0.494 e. The Morgan fingerprint density at radius 3 is 2.53 bits per heavy atom. The number of nitrogens with one attached hydrogen (secondary N) is 2. The molecule has 0 spiro atoms. The summed E-state index contributed by atoms with van der Waals surface area (Å²) in [7, 11) is 0. The number of aliphatic imine (C=N–C) groups is 1. The van der Waals surface area contributed by atoms with E-state index in [1.54, 1.807) is 36.4 Å². The highest BCUT2D eigenvalue weighted by atomic mass is 35.5. The molecule has 10 nitrogen and oxygen atoms in total. The number of hydrogen-bond donors (Lipinski definition) is 3. The number of hydrogen-bond acceptors (Lipinski definition) is 7. The van der Waals surface area contributed by atoms with Crippen LogP contribution in [0.25, 0.3) is 16.5 Å². The second kappa shape index (κ2) is 16.4. The lowest BCUT2D eigenvalue weighted by atomic mass is 9.83. The maximum atomic E-state index is 14.3. The summed E-state index contributed by atoms with van der Waals surface area (Å²) in [5.41, 5.74) is 17.3. The number of aliphatic hydroxyl groups is 1. The minimum absolute atomic E-state index is 0.0420. The van der Waals surface area contributed by atoms with Gasteiger partial charge in [0.25, 0.3) is 5.91 Å². The lowest BCUT2D eigenvalue weighted by Gasteiger charge is -2.30. The number of carbonyl (C=O) groups excluding carboxylic acids is 1. The van der Waals surface area contributed by atoms with Crippen molar-refractivity contribution in [3.05, 3.63) is 147 Å². The van der Waals surface area contributed by atoms with E-state index in [2.05, 4.69) is 20.9 Å². The van der Waals surface area contributed by atoms with Gasteiger partial charge in [0, 0.05) is 52.7 Å². The highest BCUT2D eigenvalue weighted by Gasteiger charge is 2.53. The summed E-state index contributed by atoms with van der Waals surface area (Å²) in [6.45, 7) is 0.881. The number of azide groups is 1. The molecule has 3 N–H and O–H groups in total. The zero-order chi connectivity index (χ0) is 32.9. The molecule has 0 aliphatic carbocycles. The molecule has 4 aromatic rings. The predicted octanol–water partition coefficient (Wildman–Crippen LogP) is 7.27. The van der Waals surface area contributed by atoms with E-state index in [9.17, 15) is 10.3 Å². The smallest absolute Gasteiger partial charge is 0.266 e. The summed E-state index contributed by atoms with van der Waals surface area (Å²) in [6, 6.07) is 31.5. The maximum absolute atomic E-state index is 14.3. The molecule has 0 aromatic heterocycles.